The van der Waals surface area contributed by atoms with Gasteiger partial charge in [-0.15, -0.1) is 0 Å². The third-order valence-electron chi connectivity index (χ3n) is 5.07. The van der Waals surface area contributed by atoms with Crippen molar-refractivity contribution >= 4 is 5.91 Å². The van der Waals surface area contributed by atoms with Crippen molar-refractivity contribution in [2.75, 3.05) is 6.54 Å². The first-order chi connectivity index (χ1) is 10.0. The maximum Gasteiger partial charge on any atom is 0.244 e. The largest absolute Gasteiger partial charge is 0.321 e. The Balaban J connectivity index is 1.87. The molecule has 1 N–H and O–H groups in total. The van der Waals surface area contributed by atoms with Crippen molar-refractivity contribution in [1.82, 2.24) is 10.2 Å². The van der Waals surface area contributed by atoms with Gasteiger partial charge in [0.25, 0.3) is 0 Å². The van der Waals surface area contributed by atoms with Gasteiger partial charge in [0.15, 0.2) is 0 Å². The molecule has 1 aromatic carbocycles. The fraction of sp³-hybridized carbons (Fsp3) is 0.588. The van der Waals surface area contributed by atoms with Gasteiger partial charge in [-0.3, -0.25) is 10.1 Å². The van der Waals surface area contributed by atoms with Crippen LogP contribution in [0, 0.1) is 11.7 Å². The van der Waals surface area contributed by atoms with Gasteiger partial charge >= 0.3 is 0 Å². The van der Waals surface area contributed by atoms with Crippen molar-refractivity contribution in [3.05, 3.63) is 35.6 Å². The molecule has 2 atom stereocenters. The standard InChI is InChI=1S/C17H23FN2O/c1-3-17(2)16(21)20(11-12-5-4-6-12)15(19-17)13-7-9-14(18)10-8-13/h7-10,12,15,19H,3-6,11H2,1-2H3. The number of halogens is 1. The predicted molar refractivity (Wildman–Crippen MR) is 80.0 cm³/mol. The Morgan fingerprint density at radius 1 is 1.33 bits per heavy atom. The zero-order chi connectivity index (χ0) is 15.0. The fourth-order valence-electron chi connectivity index (χ4n) is 3.18. The summed E-state index contributed by atoms with van der Waals surface area (Å²) in [6, 6.07) is 6.47. The minimum atomic E-state index is -0.511. The molecule has 1 aliphatic carbocycles. The van der Waals surface area contributed by atoms with E-state index in [0.29, 0.717) is 5.92 Å². The summed E-state index contributed by atoms with van der Waals surface area (Å²) in [5.74, 6) is 0.552. The smallest absolute Gasteiger partial charge is 0.244 e. The van der Waals surface area contributed by atoms with E-state index in [1.807, 2.05) is 18.7 Å². The van der Waals surface area contributed by atoms with Gasteiger partial charge in [0.2, 0.25) is 5.91 Å². The number of benzene rings is 1. The van der Waals surface area contributed by atoms with Gasteiger partial charge in [-0.05, 0) is 49.8 Å². The molecule has 3 nitrogen and oxygen atoms in total. The van der Waals surface area contributed by atoms with Crippen LogP contribution in [-0.2, 0) is 4.79 Å². The van der Waals surface area contributed by atoms with Gasteiger partial charge in [-0.2, -0.15) is 0 Å². The summed E-state index contributed by atoms with van der Waals surface area (Å²) in [6.07, 6.45) is 4.31. The van der Waals surface area contributed by atoms with Crippen LogP contribution >= 0.6 is 0 Å². The lowest BCUT2D eigenvalue weighted by Gasteiger charge is -2.33. The molecule has 21 heavy (non-hydrogen) atoms. The Kier molecular flexibility index (Phi) is 3.74. The lowest BCUT2D eigenvalue weighted by Crippen LogP contribution is -2.43. The van der Waals surface area contributed by atoms with E-state index < -0.39 is 5.54 Å². The van der Waals surface area contributed by atoms with Gasteiger partial charge in [-0.1, -0.05) is 25.5 Å². The van der Waals surface area contributed by atoms with Crippen LogP contribution in [0.5, 0.6) is 0 Å². The number of rotatable bonds is 4. The second-order valence-corrected chi connectivity index (χ2v) is 6.54. The van der Waals surface area contributed by atoms with Crippen molar-refractivity contribution < 1.29 is 9.18 Å². The first-order valence-corrected chi connectivity index (χ1v) is 7.88. The van der Waals surface area contributed by atoms with E-state index >= 15 is 0 Å². The van der Waals surface area contributed by atoms with Crippen LogP contribution in [-0.4, -0.2) is 22.9 Å². The molecule has 0 bridgehead atoms. The van der Waals surface area contributed by atoms with E-state index in [2.05, 4.69) is 5.32 Å². The molecular weight excluding hydrogens is 267 g/mol. The SMILES string of the molecule is CCC1(C)NC(c2ccc(F)cc2)N(CC2CCC2)C1=O. The van der Waals surface area contributed by atoms with E-state index in [1.165, 1.54) is 31.4 Å². The summed E-state index contributed by atoms with van der Waals surface area (Å²) >= 11 is 0. The van der Waals surface area contributed by atoms with E-state index in [-0.39, 0.29) is 17.9 Å². The average Bonchev–Trinajstić information content (AvgIpc) is 2.69. The number of carbonyl (C=O) groups excluding carboxylic acids is 1. The Morgan fingerprint density at radius 2 is 2.00 bits per heavy atom. The molecule has 2 unspecified atom stereocenters. The maximum atomic E-state index is 13.1. The molecule has 1 amide bonds. The number of nitrogens with zero attached hydrogens (tertiary/aromatic N) is 1. The second-order valence-electron chi connectivity index (χ2n) is 6.54. The summed E-state index contributed by atoms with van der Waals surface area (Å²) < 4.78 is 13.1. The van der Waals surface area contributed by atoms with Crippen molar-refractivity contribution in [1.29, 1.82) is 0 Å². The minimum absolute atomic E-state index is 0.136. The number of nitrogens with one attached hydrogen (secondary N) is 1. The number of hydrogen-bond acceptors (Lipinski definition) is 2. The molecule has 0 radical (unpaired) electrons. The molecule has 2 aliphatic rings. The highest BCUT2D eigenvalue weighted by molar-refractivity contribution is 5.88. The molecule has 1 saturated carbocycles. The molecule has 0 aromatic heterocycles. The molecule has 114 valence electrons. The van der Waals surface area contributed by atoms with Gasteiger partial charge in [0, 0.05) is 6.54 Å². The summed E-state index contributed by atoms with van der Waals surface area (Å²) in [5.41, 5.74) is 0.448. The highest BCUT2D eigenvalue weighted by atomic mass is 19.1. The number of carbonyl (C=O) groups is 1. The zero-order valence-corrected chi connectivity index (χ0v) is 12.7. The summed E-state index contributed by atoms with van der Waals surface area (Å²) in [7, 11) is 0. The average molecular weight is 290 g/mol. The molecule has 0 spiro atoms. The third kappa shape index (κ3) is 2.57. The monoisotopic (exact) mass is 290 g/mol. The Morgan fingerprint density at radius 3 is 2.52 bits per heavy atom. The summed E-state index contributed by atoms with van der Waals surface area (Å²) in [4.78, 5) is 14.7. The lowest BCUT2D eigenvalue weighted by molar-refractivity contribution is -0.134. The molecule has 4 heteroatoms. The van der Waals surface area contributed by atoms with Crippen LogP contribution in [0.15, 0.2) is 24.3 Å². The first kappa shape index (κ1) is 14.5. The molecule has 3 rings (SSSR count). The molecule has 2 fully saturated rings. The van der Waals surface area contributed by atoms with Gasteiger partial charge in [-0.25, -0.2) is 4.39 Å². The van der Waals surface area contributed by atoms with Crippen LogP contribution in [0.1, 0.15) is 51.3 Å². The Hall–Kier alpha value is -1.42. The van der Waals surface area contributed by atoms with E-state index in [1.54, 1.807) is 12.1 Å². The molecule has 1 saturated heterocycles. The van der Waals surface area contributed by atoms with E-state index in [4.69, 9.17) is 0 Å². The zero-order valence-electron chi connectivity index (χ0n) is 12.7. The molecular formula is C17H23FN2O. The number of amides is 1. The second kappa shape index (κ2) is 5.41. The van der Waals surface area contributed by atoms with E-state index in [0.717, 1.165) is 18.5 Å². The van der Waals surface area contributed by atoms with Crippen molar-refractivity contribution in [2.24, 2.45) is 5.92 Å². The highest BCUT2D eigenvalue weighted by Crippen LogP contribution is 2.36. The summed E-state index contributed by atoms with van der Waals surface area (Å²) in [5, 5.41) is 3.46. The van der Waals surface area contributed by atoms with Crippen LogP contribution in [0.3, 0.4) is 0 Å². The van der Waals surface area contributed by atoms with Gasteiger partial charge in [0.1, 0.15) is 12.0 Å². The topological polar surface area (TPSA) is 32.3 Å². The van der Waals surface area contributed by atoms with Crippen LogP contribution in [0.2, 0.25) is 0 Å². The molecule has 1 aromatic rings. The van der Waals surface area contributed by atoms with E-state index in [9.17, 15) is 9.18 Å². The van der Waals surface area contributed by atoms with Crippen LogP contribution in [0.25, 0.3) is 0 Å². The Labute approximate surface area is 125 Å². The number of hydrogen-bond donors (Lipinski definition) is 1. The third-order valence-corrected chi connectivity index (χ3v) is 5.07. The molecule has 1 aliphatic heterocycles. The minimum Gasteiger partial charge on any atom is -0.321 e. The maximum absolute atomic E-state index is 13.1. The lowest BCUT2D eigenvalue weighted by atomic mass is 9.85. The first-order valence-electron chi connectivity index (χ1n) is 7.88. The quantitative estimate of drug-likeness (QED) is 0.923. The predicted octanol–water partition coefficient (Wildman–Crippen LogP) is 3.22. The van der Waals surface area contributed by atoms with Gasteiger partial charge in [0.05, 0.1) is 5.54 Å². The van der Waals surface area contributed by atoms with Crippen molar-refractivity contribution in [2.45, 2.75) is 51.2 Å². The molecule has 1 heterocycles. The normalized spacial score (nSPS) is 29.8. The highest BCUT2D eigenvalue weighted by Gasteiger charge is 2.47. The fourth-order valence-corrected chi connectivity index (χ4v) is 3.18. The Bertz CT molecular complexity index is 526. The van der Waals surface area contributed by atoms with Crippen LogP contribution < -0.4 is 5.32 Å². The van der Waals surface area contributed by atoms with Crippen LogP contribution in [0.4, 0.5) is 4.39 Å². The van der Waals surface area contributed by atoms with Crippen molar-refractivity contribution in [3.8, 4) is 0 Å². The van der Waals surface area contributed by atoms with Crippen molar-refractivity contribution in [3.63, 3.8) is 0 Å². The summed E-state index contributed by atoms with van der Waals surface area (Å²) in [6.45, 7) is 4.80. The van der Waals surface area contributed by atoms with Gasteiger partial charge < -0.3 is 4.90 Å².